The van der Waals surface area contributed by atoms with E-state index in [0.717, 1.165) is 35.1 Å². The number of pyridine rings is 2. The number of hydrogen-bond donors (Lipinski definition) is 3. The van der Waals surface area contributed by atoms with Crippen molar-refractivity contribution >= 4 is 10.9 Å². The van der Waals surface area contributed by atoms with Gasteiger partial charge in [-0.05, 0) is 38.2 Å². The van der Waals surface area contributed by atoms with Crippen LogP contribution in [0.5, 0.6) is 11.5 Å². The second-order valence-electron chi connectivity index (χ2n) is 9.74. The van der Waals surface area contributed by atoms with Gasteiger partial charge in [0.05, 0.1) is 30.1 Å². The van der Waals surface area contributed by atoms with Crippen molar-refractivity contribution in [2.75, 3.05) is 34.0 Å². The minimum atomic E-state index is -1.66. The van der Waals surface area contributed by atoms with Crippen LogP contribution in [-0.2, 0) is 30.0 Å². The molecule has 36 heavy (non-hydrogen) atoms. The van der Waals surface area contributed by atoms with E-state index in [4.69, 9.17) is 19.2 Å². The maximum absolute atomic E-state index is 13.6. The third kappa shape index (κ3) is 3.36. The smallest absolute Gasteiger partial charge is 0.257 e. The lowest BCUT2D eigenvalue weighted by molar-refractivity contribution is -0.236. The van der Waals surface area contributed by atoms with Gasteiger partial charge in [-0.1, -0.05) is 6.92 Å². The van der Waals surface area contributed by atoms with Crippen LogP contribution in [-0.4, -0.2) is 64.9 Å². The number of nitrogens with zero attached hydrogens (tertiary/aromatic N) is 3. The summed E-state index contributed by atoms with van der Waals surface area (Å²) >= 11 is 0. The van der Waals surface area contributed by atoms with Gasteiger partial charge in [0.25, 0.3) is 5.56 Å². The number of aliphatic hydroxyl groups is 2. The Morgan fingerprint density at radius 1 is 1.25 bits per heavy atom. The first-order chi connectivity index (χ1) is 17.4. The Morgan fingerprint density at radius 3 is 2.78 bits per heavy atom. The van der Waals surface area contributed by atoms with Crippen molar-refractivity contribution in [3.05, 3.63) is 50.8 Å². The van der Waals surface area contributed by atoms with E-state index in [1.807, 2.05) is 19.2 Å². The number of nitrogens with one attached hydrogen (secondary N) is 1. The van der Waals surface area contributed by atoms with E-state index < -0.39 is 11.9 Å². The number of benzene rings is 1. The third-order valence-corrected chi connectivity index (χ3v) is 7.63. The number of aromatic nitrogens is 2. The van der Waals surface area contributed by atoms with Crippen LogP contribution in [0.3, 0.4) is 0 Å². The first-order valence-corrected chi connectivity index (χ1v) is 12.2. The van der Waals surface area contributed by atoms with E-state index in [1.54, 1.807) is 17.6 Å². The minimum Gasteiger partial charge on any atom is -0.454 e. The lowest BCUT2D eigenvalue weighted by Gasteiger charge is -2.37. The summed E-state index contributed by atoms with van der Waals surface area (Å²) < 4.78 is 18.3. The van der Waals surface area contributed by atoms with E-state index in [9.17, 15) is 15.0 Å². The van der Waals surface area contributed by atoms with Crippen LogP contribution in [0.25, 0.3) is 22.3 Å². The fraction of sp³-hybridized carbons (Fsp3) is 0.462. The summed E-state index contributed by atoms with van der Waals surface area (Å²) in [7, 11) is 3.99. The molecule has 10 heteroatoms. The van der Waals surface area contributed by atoms with Gasteiger partial charge in [0, 0.05) is 47.8 Å². The molecule has 0 fully saturated rings. The molecule has 1 aromatic carbocycles. The first-order valence-electron chi connectivity index (χ1n) is 12.2. The van der Waals surface area contributed by atoms with Crippen LogP contribution in [0.15, 0.2) is 23.0 Å². The molecular formula is C26H30N4O6. The third-order valence-electron chi connectivity index (χ3n) is 7.63. The second-order valence-corrected chi connectivity index (χ2v) is 9.74. The summed E-state index contributed by atoms with van der Waals surface area (Å²) in [4.78, 5) is 20.8. The Labute approximate surface area is 208 Å². The summed E-state index contributed by atoms with van der Waals surface area (Å²) in [5.74, 6) is 1.33. The van der Waals surface area contributed by atoms with E-state index >= 15 is 0 Å². The lowest BCUT2D eigenvalue weighted by Crippen LogP contribution is -2.47. The van der Waals surface area contributed by atoms with Crippen molar-refractivity contribution in [2.24, 2.45) is 0 Å². The summed E-state index contributed by atoms with van der Waals surface area (Å²) in [5, 5.41) is 25.8. The Morgan fingerprint density at radius 2 is 2.03 bits per heavy atom. The van der Waals surface area contributed by atoms with Crippen LogP contribution in [0.2, 0.25) is 0 Å². The molecule has 2 atom stereocenters. The molecule has 0 saturated heterocycles. The molecule has 6 rings (SSSR count). The van der Waals surface area contributed by atoms with E-state index in [-0.39, 0.29) is 25.4 Å². The molecule has 0 saturated carbocycles. The zero-order valence-electron chi connectivity index (χ0n) is 20.6. The Balaban J connectivity index is 1.57. The number of hydrogen-bond acceptors (Lipinski definition) is 9. The van der Waals surface area contributed by atoms with Crippen molar-refractivity contribution in [1.29, 1.82) is 0 Å². The molecule has 190 valence electrons. The predicted octanol–water partition coefficient (Wildman–Crippen LogP) is 1.25. The number of ether oxygens (including phenoxy) is 3. The average Bonchev–Trinajstić information content (AvgIpc) is 3.48. The van der Waals surface area contributed by atoms with Crippen LogP contribution < -0.4 is 20.3 Å². The summed E-state index contributed by atoms with van der Waals surface area (Å²) in [6.45, 7) is 4.60. The number of rotatable bonds is 6. The zero-order valence-corrected chi connectivity index (χ0v) is 20.6. The molecule has 5 heterocycles. The molecule has 3 N–H and O–H groups in total. The van der Waals surface area contributed by atoms with Crippen LogP contribution in [0.4, 0.5) is 0 Å². The van der Waals surface area contributed by atoms with Crippen molar-refractivity contribution in [3.8, 4) is 22.9 Å². The van der Waals surface area contributed by atoms with Crippen molar-refractivity contribution in [1.82, 2.24) is 19.8 Å². The van der Waals surface area contributed by atoms with Gasteiger partial charge >= 0.3 is 0 Å². The van der Waals surface area contributed by atoms with E-state index in [0.29, 0.717) is 47.1 Å². The number of aliphatic hydroxyl groups excluding tert-OH is 1. The van der Waals surface area contributed by atoms with Gasteiger partial charge in [0.1, 0.15) is 5.60 Å². The minimum absolute atomic E-state index is 0.0509. The fourth-order valence-electron chi connectivity index (χ4n) is 5.50. The molecule has 1 unspecified atom stereocenters. The van der Waals surface area contributed by atoms with Gasteiger partial charge in [-0.15, -0.1) is 0 Å². The Hall–Kier alpha value is -3.02. The van der Waals surface area contributed by atoms with Crippen LogP contribution >= 0.6 is 0 Å². The average molecular weight is 495 g/mol. The summed E-state index contributed by atoms with van der Waals surface area (Å²) in [5.41, 5.74) is 3.03. The van der Waals surface area contributed by atoms with Gasteiger partial charge < -0.3 is 39.2 Å². The topological polar surface area (TPSA) is 118 Å². The fourth-order valence-corrected chi connectivity index (χ4v) is 5.50. The molecule has 0 amide bonds. The highest BCUT2D eigenvalue weighted by atomic mass is 16.7. The highest BCUT2D eigenvalue weighted by molar-refractivity contribution is 5.90. The monoisotopic (exact) mass is 494 g/mol. The van der Waals surface area contributed by atoms with Gasteiger partial charge in [-0.3, -0.25) is 4.79 Å². The van der Waals surface area contributed by atoms with Crippen molar-refractivity contribution in [3.63, 3.8) is 0 Å². The van der Waals surface area contributed by atoms with Crippen LogP contribution in [0, 0.1) is 0 Å². The quantitative estimate of drug-likeness (QED) is 0.364. The summed E-state index contributed by atoms with van der Waals surface area (Å²) in [6, 6.07) is 5.66. The number of likely N-dealkylation sites (N-methyl/N-ethyl adjacent to an activating group) is 2. The molecule has 0 spiro atoms. The van der Waals surface area contributed by atoms with Crippen LogP contribution in [0.1, 0.15) is 35.6 Å². The number of fused-ring (bicyclic) bond motifs is 6. The van der Waals surface area contributed by atoms with Gasteiger partial charge in [-0.2, -0.15) is 0 Å². The molecule has 3 aromatic rings. The molecule has 0 aliphatic carbocycles. The first kappa shape index (κ1) is 23.4. The zero-order chi connectivity index (χ0) is 25.2. The molecule has 10 nitrogen and oxygen atoms in total. The van der Waals surface area contributed by atoms with Gasteiger partial charge in [0.2, 0.25) is 6.79 Å². The van der Waals surface area contributed by atoms with Crippen molar-refractivity contribution < 1.29 is 24.4 Å². The van der Waals surface area contributed by atoms with Crippen molar-refractivity contribution in [2.45, 2.75) is 44.9 Å². The molecular weight excluding hydrogens is 464 g/mol. The Bertz CT molecular complexity index is 1440. The maximum Gasteiger partial charge on any atom is 0.257 e. The molecule has 0 bridgehead atoms. The second kappa shape index (κ2) is 8.53. The lowest BCUT2D eigenvalue weighted by atomic mass is 9.85. The molecule has 3 aliphatic rings. The van der Waals surface area contributed by atoms with Gasteiger partial charge in [-0.25, -0.2) is 4.98 Å². The summed E-state index contributed by atoms with van der Waals surface area (Å²) in [6.07, 6.45) is -1.20. The largest absolute Gasteiger partial charge is 0.454 e. The molecule has 3 aliphatic heterocycles. The van der Waals surface area contributed by atoms with E-state index in [2.05, 4.69) is 17.3 Å². The predicted molar refractivity (Wildman–Crippen MR) is 132 cm³/mol. The highest BCUT2D eigenvalue weighted by Gasteiger charge is 2.44. The standard InChI is InChI=1S/C26H30N4O6/c1-4-26(33)18-8-20-23-16(11-30(20)24(31)17(18)12-34-25(26)32)15(10-29(3)6-5-27-2)14-7-21-22(36-13-35-21)9-19(14)28-23/h7-9,25,27,32-33H,4-6,10-13H2,1-3H3/t25?,26-/m0/s1. The molecule has 0 radical (unpaired) electrons. The normalized spacial score (nSPS) is 21.7. The van der Waals surface area contributed by atoms with E-state index in [1.165, 1.54) is 0 Å². The van der Waals surface area contributed by atoms with Gasteiger partial charge in [0.15, 0.2) is 17.8 Å². The SMILES string of the molecule is CC[C@]1(O)c2cc3n(c(=O)c2COC1O)Cc1c-3nc2cc3c(cc2c1CN(C)CCNC)OCO3. The Kier molecular flexibility index (Phi) is 5.54. The maximum atomic E-state index is 13.6. The highest BCUT2D eigenvalue weighted by Crippen LogP contribution is 2.43. The molecule has 2 aromatic heterocycles.